The molecule has 0 spiro atoms. The summed E-state index contributed by atoms with van der Waals surface area (Å²) in [5.74, 6) is 0.492. The Morgan fingerprint density at radius 3 is 2.29 bits per heavy atom. The Kier molecular flexibility index (Phi) is 8.86. The highest BCUT2D eigenvalue weighted by Crippen LogP contribution is 2.46. The van der Waals surface area contributed by atoms with Crippen LogP contribution in [0.25, 0.3) is 5.57 Å². The summed E-state index contributed by atoms with van der Waals surface area (Å²) in [6.45, 7) is 4.33. The van der Waals surface area contributed by atoms with E-state index in [9.17, 15) is 8.78 Å². The van der Waals surface area contributed by atoms with Crippen LogP contribution in [0.15, 0.2) is 42.0 Å². The van der Waals surface area contributed by atoms with E-state index in [1.165, 1.54) is 75.8 Å². The SMILES string of the molecule is CCCC1(OC)CCC(C2CCC(C3=CC=C(c4ccc(OCC)c(F)c4F)CC=C3)CC2)CC1. The van der Waals surface area contributed by atoms with Gasteiger partial charge in [0.2, 0.25) is 5.82 Å². The highest BCUT2D eigenvalue weighted by atomic mass is 19.2. The van der Waals surface area contributed by atoms with Crippen molar-refractivity contribution in [2.24, 2.45) is 17.8 Å². The average molecular weight is 485 g/mol. The van der Waals surface area contributed by atoms with Gasteiger partial charge in [0.25, 0.3) is 0 Å². The molecule has 35 heavy (non-hydrogen) atoms. The predicted octanol–water partition coefficient (Wildman–Crippen LogP) is 8.82. The summed E-state index contributed by atoms with van der Waals surface area (Å²) in [7, 11) is 1.90. The maximum atomic E-state index is 14.7. The predicted molar refractivity (Wildman–Crippen MR) is 139 cm³/mol. The fourth-order valence-electron chi connectivity index (χ4n) is 6.73. The molecule has 2 fully saturated rings. The highest BCUT2D eigenvalue weighted by Gasteiger charge is 2.38. The molecule has 4 heteroatoms. The fraction of sp³-hybridized carbons (Fsp3) is 0.613. The first-order chi connectivity index (χ1) is 17.0. The smallest absolute Gasteiger partial charge is 0.201 e. The molecular formula is C31H42F2O2. The monoisotopic (exact) mass is 484 g/mol. The van der Waals surface area contributed by atoms with Crippen LogP contribution >= 0.6 is 0 Å². The normalized spacial score (nSPS) is 29.3. The molecule has 0 aliphatic heterocycles. The second kappa shape index (κ2) is 11.9. The molecule has 192 valence electrons. The average Bonchev–Trinajstić information content (AvgIpc) is 3.14. The molecule has 0 amide bonds. The van der Waals surface area contributed by atoms with Gasteiger partial charge in [0.15, 0.2) is 11.6 Å². The van der Waals surface area contributed by atoms with Crippen LogP contribution in [0, 0.1) is 29.4 Å². The molecule has 0 unspecified atom stereocenters. The molecule has 0 N–H and O–H groups in total. The van der Waals surface area contributed by atoms with Gasteiger partial charge < -0.3 is 9.47 Å². The number of ether oxygens (including phenoxy) is 2. The van der Waals surface area contributed by atoms with E-state index < -0.39 is 11.6 Å². The zero-order valence-electron chi connectivity index (χ0n) is 21.8. The van der Waals surface area contributed by atoms with Gasteiger partial charge in [-0.1, -0.05) is 37.6 Å². The lowest BCUT2D eigenvalue weighted by molar-refractivity contribution is -0.0626. The molecular weight excluding hydrogens is 442 g/mol. The van der Waals surface area contributed by atoms with E-state index in [0.29, 0.717) is 24.5 Å². The molecule has 3 aliphatic rings. The first kappa shape index (κ1) is 26.1. The molecule has 0 radical (unpaired) electrons. The third kappa shape index (κ3) is 5.90. The maximum absolute atomic E-state index is 14.7. The van der Waals surface area contributed by atoms with Crippen molar-refractivity contribution >= 4 is 5.57 Å². The Morgan fingerprint density at radius 2 is 1.63 bits per heavy atom. The molecule has 3 aliphatic carbocycles. The fourth-order valence-corrected chi connectivity index (χ4v) is 6.73. The van der Waals surface area contributed by atoms with Crippen LogP contribution in [-0.2, 0) is 4.74 Å². The van der Waals surface area contributed by atoms with E-state index in [1.54, 1.807) is 13.0 Å². The highest BCUT2D eigenvalue weighted by molar-refractivity contribution is 5.70. The van der Waals surface area contributed by atoms with Crippen LogP contribution in [0.4, 0.5) is 8.78 Å². The van der Waals surface area contributed by atoms with Gasteiger partial charge in [0.1, 0.15) is 0 Å². The number of allylic oxidation sites excluding steroid dienone is 6. The Bertz CT molecular complexity index is 945. The van der Waals surface area contributed by atoms with E-state index >= 15 is 0 Å². The summed E-state index contributed by atoms with van der Waals surface area (Å²) in [6.07, 6.45) is 21.5. The molecule has 4 rings (SSSR count). The molecule has 0 heterocycles. The van der Waals surface area contributed by atoms with E-state index in [-0.39, 0.29) is 11.4 Å². The molecule has 1 aromatic carbocycles. The van der Waals surface area contributed by atoms with Gasteiger partial charge in [-0.05, 0) is 112 Å². The van der Waals surface area contributed by atoms with Crippen molar-refractivity contribution < 1.29 is 18.3 Å². The third-order valence-corrected chi connectivity index (χ3v) is 8.81. The zero-order valence-corrected chi connectivity index (χ0v) is 21.8. The molecule has 0 aromatic heterocycles. The Labute approximate surface area is 210 Å². The van der Waals surface area contributed by atoms with Crippen molar-refractivity contribution in [3.63, 3.8) is 0 Å². The molecule has 0 bridgehead atoms. The van der Waals surface area contributed by atoms with Gasteiger partial charge in [-0.15, -0.1) is 0 Å². The Balaban J connectivity index is 1.36. The van der Waals surface area contributed by atoms with Crippen LogP contribution in [0.5, 0.6) is 5.75 Å². The molecule has 1 aromatic rings. The van der Waals surface area contributed by atoms with Crippen LogP contribution in [0.3, 0.4) is 0 Å². The molecule has 2 nitrogen and oxygen atoms in total. The van der Waals surface area contributed by atoms with Crippen molar-refractivity contribution in [3.8, 4) is 5.75 Å². The van der Waals surface area contributed by atoms with E-state index in [4.69, 9.17) is 9.47 Å². The third-order valence-electron chi connectivity index (χ3n) is 8.81. The number of rotatable bonds is 8. The number of halogens is 2. The summed E-state index contributed by atoms with van der Waals surface area (Å²) in [5, 5.41) is 0. The van der Waals surface area contributed by atoms with Crippen LogP contribution < -0.4 is 4.74 Å². The second-order valence-corrected chi connectivity index (χ2v) is 10.7. The van der Waals surface area contributed by atoms with Crippen LogP contribution in [0.2, 0.25) is 0 Å². The Morgan fingerprint density at radius 1 is 0.914 bits per heavy atom. The van der Waals surface area contributed by atoms with Crippen molar-refractivity contribution in [1.29, 1.82) is 0 Å². The lowest BCUT2D eigenvalue weighted by atomic mass is 9.66. The molecule has 0 saturated heterocycles. The standard InChI is InChI=1S/C31H42F2O2/c1-4-19-31(34-3)20-17-25(18-21-31)24-11-9-23(10-12-24)22-7-6-8-26(14-13-22)27-15-16-28(35-5-2)30(33)29(27)32/h6-7,13-16,23-25H,4-5,8-12,17-21H2,1-3H3. The largest absolute Gasteiger partial charge is 0.491 e. The molecule has 0 atom stereocenters. The quantitative estimate of drug-likeness (QED) is 0.367. The summed E-state index contributed by atoms with van der Waals surface area (Å²) in [5.41, 5.74) is 2.59. The van der Waals surface area contributed by atoms with Gasteiger partial charge in [-0.3, -0.25) is 0 Å². The van der Waals surface area contributed by atoms with Crippen molar-refractivity contribution in [1.82, 2.24) is 0 Å². The van der Waals surface area contributed by atoms with E-state index in [0.717, 1.165) is 17.4 Å². The molecule has 2 saturated carbocycles. The number of methoxy groups -OCH3 is 1. The van der Waals surface area contributed by atoms with Gasteiger partial charge >= 0.3 is 0 Å². The van der Waals surface area contributed by atoms with Gasteiger partial charge in [-0.2, -0.15) is 4.39 Å². The minimum absolute atomic E-state index is 0.0252. The first-order valence-corrected chi connectivity index (χ1v) is 13.7. The van der Waals surface area contributed by atoms with Gasteiger partial charge in [0.05, 0.1) is 12.2 Å². The minimum atomic E-state index is -0.902. The number of hydrogen-bond acceptors (Lipinski definition) is 2. The van der Waals surface area contributed by atoms with Crippen molar-refractivity contribution in [2.75, 3.05) is 13.7 Å². The Hall–Kier alpha value is -1.94. The van der Waals surface area contributed by atoms with E-state index in [1.807, 2.05) is 13.2 Å². The van der Waals surface area contributed by atoms with Crippen LogP contribution in [0.1, 0.15) is 90.0 Å². The van der Waals surface area contributed by atoms with Gasteiger partial charge in [-0.25, -0.2) is 4.39 Å². The topological polar surface area (TPSA) is 18.5 Å². The lowest BCUT2D eigenvalue weighted by Crippen LogP contribution is -2.38. The second-order valence-electron chi connectivity index (χ2n) is 10.7. The van der Waals surface area contributed by atoms with Crippen molar-refractivity contribution in [2.45, 2.75) is 90.1 Å². The van der Waals surface area contributed by atoms with Gasteiger partial charge in [0, 0.05) is 12.7 Å². The first-order valence-electron chi connectivity index (χ1n) is 13.7. The van der Waals surface area contributed by atoms with Crippen molar-refractivity contribution in [3.05, 3.63) is 59.2 Å². The van der Waals surface area contributed by atoms with Crippen LogP contribution in [-0.4, -0.2) is 19.3 Å². The summed E-state index contributed by atoms with van der Waals surface area (Å²) >= 11 is 0. The lowest BCUT2D eigenvalue weighted by Gasteiger charge is -2.43. The number of benzene rings is 1. The summed E-state index contributed by atoms with van der Waals surface area (Å²) in [4.78, 5) is 0. The minimum Gasteiger partial charge on any atom is -0.491 e. The maximum Gasteiger partial charge on any atom is 0.201 e. The summed E-state index contributed by atoms with van der Waals surface area (Å²) in [6, 6.07) is 3.17. The van der Waals surface area contributed by atoms with E-state index in [2.05, 4.69) is 25.2 Å². The number of hydrogen-bond donors (Lipinski definition) is 0. The zero-order chi connectivity index (χ0) is 24.8. The summed E-state index contributed by atoms with van der Waals surface area (Å²) < 4.78 is 40.3.